The lowest BCUT2D eigenvalue weighted by Gasteiger charge is -2.06. The predicted molar refractivity (Wildman–Crippen MR) is 123 cm³/mol. The second-order valence-corrected chi connectivity index (χ2v) is 7.71. The van der Waals surface area contributed by atoms with E-state index in [0.29, 0.717) is 17.3 Å². The Labute approximate surface area is 193 Å². The molecular formula is C23H18N4O5S. The van der Waals surface area contributed by atoms with Crippen LogP contribution in [0.1, 0.15) is 5.89 Å². The van der Waals surface area contributed by atoms with Gasteiger partial charge in [0.1, 0.15) is 5.75 Å². The summed E-state index contributed by atoms with van der Waals surface area (Å²) in [6.45, 7) is 0.144. The van der Waals surface area contributed by atoms with E-state index in [0.717, 1.165) is 22.9 Å². The second kappa shape index (κ2) is 10.4. The molecule has 33 heavy (non-hydrogen) atoms. The molecule has 10 heteroatoms. The van der Waals surface area contributed by atoms with Crippen molar-refractivity contribution >= 4 is 29.0 Å². The van der Waals surface area contributed by atoms with Gasteiger partial charge in [0.25, 0.3) is 16.8 Å². The maximum absolute atomic E-state index is 12.2. The third kappa shape index (κ3) is 6.17. The molecule has 0 saturated heterocycles. The number of hydrogen-bond donors (Lipinski definition) is 1. The normalized spacial score (nSPS) is 10.5. The summed E-state index contributed by atoms with van der Waals surface area (Å²) in [4.78, 5) is 22.6. The Balaban J connectivity index is 1.25. The van der Waals surface area contributed by atoms with Gasteiger partial charge in [0.2, 0.25) is 5.91 Å². The number of anilines is 1. The van der Waals surface area contributed by atoms with Crippen molar-refractivity contribution in [2.45, 2.75) is 11.8 Å². The summed E-state index contributed by atoms with van der Waals surface area (Å²) in [5.41, 5.74) is 2.40. The van der Waals surface area contributed by atoms with Gasteiger partial charge >= 0.3 is 0 Å². The lowest BCUT2D eigenvalue weighted by atomic mass is 10.1. The van der Waals surface area contributed by atoms with E-state index < -0.39 is 4.92 Å². The molecule has 0 radical (unpaired) electrons. The van der Waals surface area contributed by atoms with Crippen LogP contribution in [0.25, 0.3) is 11.1 Å². The number of carbonyl (C=O) groups excluding carboxylic acids is 1. The van der Waals surface area contributed by atoms with Crippen LogP contribution in [0, 0.1) is 10.1 Å². The summed E-state index contributed by atoms with van der Waals surface area (Å²) in [6.07, 6.45) is 0. The minimum atomic E-state index is -0.436. The van der Waals surface area contributed by atoms with Crippen molar-refractivity contribution in [2.24, 2.45) is 0 Å². The number of benzene rings is 3. The van der Waals surface area contributed by atoms with Crippen LogP contribution < -0.4 is 10.1 Å². The molecule has 4 rings (SSSR count). The van der Waals surface area contributed by atoms with Crippen LogP contribution in [0.15, 0.2) is 88.5 Å². The van der Waals surface area contributed by atoms with E-state index >= 15 is 0 Å². The number of para-hydroxylation sites is 1. The SMILES string of the molecule is O=C(CSc1nnc(COc2ccccc2)o1)Nc1ccc(-c2ccc([N+](=O)[O-])cc2)cc1. The van der Waals surface area contributed by atoms with Crippen molar-refractivity contribution in [3.05, 3.63) is 94.9 Å². The molecule has 0 spiro atoms. The van der Waals surface area contributed by atoms with Gasteiger partial charge in [-0.2, -0.15) is 0 Å². The minimum Gasteiger partial charge on any atom is -0.484 e. The fourth-order valence-electron chi connectivity index (χ4n) is 2.86. The number of rotatable bonds is 9. The van der Waals surface area contributed by atoms with Crippen molar-refractivity contribution in [1.29, 1.82) is 0 Å². The Hall–Kier alpha value is -4.18. The molecule has 1 heterocycles. The molecule has 0 atom stereocenters. The number of nitrogens with one attached hydrogen (secondary N) is 1. The van der Waals surface area contributed by atoms with Gasteiger partial charge in [0, 0.05) is 17.8 Å². The number of nitro groups is 1. The van der Waals surface area contributed by atoms with Crippen molar-refractivity contribution in [3.63, 3.8) is 0 Å². The number of ether oxygens (including phenoxy) is 1. The number of thioether (sulfide) groups is 1. The average Bonchev–Trinajstić information content (AvgIpc) is 3.31. The topological polar surface area (TPSA) is 120 Å². The summed E-state index contributed by atoms with van der Waals surface area (Å²) in [5, 5.41) is 21.7. The maximum atomic E-state index is 12.2. The molecule has 0 aliphatic rings. The third-order valence-electron chi connectivity index (χ3n) is 4.46. The molecule has 9 nitrogen and oxygen atoms in total. The Bertz CT molecular complexity index is 1230. The van der Waals surface area contributed by atoms with E-state index in [9.17, 15) is 14.9 Å². The van der Waals surface area contributed by atoms with Crippen LogP contribution in [0.3, 0.4) is 0 Å². The van der Waals surface area contributed by atoms with Crippen LogP contribution >= 0.6 is 11.8 Å². The summed E-state index contributed by atoms with van der Waals surface area (Å²) in [5.74, 6) is 0.904. The molecule has 1 N–H and O–H groups in total. The first-order valence-corrected chi connectivity index (χ1v) is 10.8. The predicted octanol–water partition coefficient (Wildman–Crippen LogP) is 4.95. The molecule has 1 aromatic heterocycles. The highest BCUT2D eigenvalue weighted by Crippen LogP contribution is 2.24. The largest absolute Gasteiger partial charge is 0.484 e. The van der Waals surface area contributed by atoms with Gasteiger partial charge in [-0.1, -0.05) is 42.1 Å². The third-order valence-corrected chi connectivity index (χ3v) is 5.28. The monoisotopic (exact) mass is 462 g/mol. The zero-order valence-electron chi connectivity index (χ0n) is 17.2. The number of aromatic nitrogens is 2. The van der Waals surface area contributed by atoms with Gasteiger partial charge in [-0.05, 0) is 47.5 Å². The number of nitrogens with zero attached hydrogens (tertiary/aromatic N) is 3. The van der Waals surface area contributed by atoms with E-state index in [1.807, 2.05) is 42.5 Å². The number of carbonyl (C=O) groups is 1. The van der Waals surface area contributed by atoms with E-state index in [4.69, 9.17) is 9.15 Å². The molecule has 4 aromatic rings. The lowest BCUT2D eigenvalue weighted by Crippen LogP contribution is -2.13. The molecule has 0 saturated carbocycles. The first kappa shape index (κ1) is 22.0. The molecule has 3 aromatic carbocycles. The van der Waals surface area contributed by atoms with Crippen LogP contribution in [-0.4, -0.2) is 26.8 Å². The Morgan fingerprint density at radius 3 is 2.30 bits per heavy atom. The van der Waals surface area contributed by atoms with E-state index in [1.165, 1.54) is 12.1 Å². The standard InChI is InChI=1S/C23H18N4O5S/c28-21(15-33-23-26-25-22(32-23)14-31-20-4-2-1-3-5-20)24-18-10-6-16(7-11-18)17-8-12-19(13-9-17)27(29)30/h1-13H,14-15H2,(H,24,28). The zero-order chi connectivity index (χ0) is 23.0. The fraction of sp³-hybridized carbons (Fsp3) is 0.0870. The molecule has 166 valence electrons. The Morgan fingerprint density at radius 2 is 1.64 bits per heavy atom. The van der Waals surface area contributed by atoms with Crippen molar-refractivity contribution in [1.82, 2.24) is 10.2 Å². The minimum absolute atomic E-state index is 0.0391. The number of non-ortho nitro benzene ring substituents is 1. The highest BCUT2D eigenvalue weighted by atomic mass is 32.2. The van der Waals surface area contributed by atoms with Crippen LogP contribution in [-0.2, 0) is 11.4 Å². The van der Waals surface area contributed by atoms with Crippen LogP contribution in [0.5, 0.6) is 5.75 Å². The van der Waals surface area contributed by atoms with Crippen molar-refractivity contribution in [3.8, 4) is 16.9 Å². The number of amides is 1. The van der Waals surface area contributed by atoms with Crippen molar-refractivity contribution < 1.29 is 18.9 Å². The van der Waals surface area contributed by atoms with E-state index in [-0.39, 0.29) is 29.2 Å². The lowest BCUT2D eigenvalue weighted by molar-refractivity contribution is -0.384. The molecule has 0 aliphatic heterocycles. The second-order valence-electron chi connectivity index (χ2n) is 6.78. The van der Waals surface area contributed by atoms with Gasteiger partial charge in [-0.3, -0.25) is 14.9 Å². The van der Waals surface area contributed by atoms with Crippen molar-refractivity contribution in [2.75, 3.05) is 11.1 Å². The first-order valence-electron chi connectivity index (χ1n) is 9.84. The Kier molecular flexibility index (Phi) is 6.96. The molecule has 0 unspecified atom stereocenters. The van der Waals surface area contributed by atoms with Gasteiger partial charge in [-0.15, -0.1) is 10.2 Å². The van der Waals surface area contributed by atoms with E-state index in [2.05, 4.69) is 15.5 Å². The molecule has 0 fully saturated rings. The van der Waals surface area contributed by atoms with Crippen LogP contribution in [0.4, 0.5) is 11.4 Å². The Morgan fingerprint density at radius 1 is 0.970 bits per heavy atom. The summed E-state index contributed by atoms with van der Waals surface area (Å²) >= 11 is 1.13. The molecule has 0 bridgehead atoms. The summed E-state index contributed by atoms with van der Waals surface area (Å²) < 4.78 is 11.0. The quantitative estimate of drug-likeness (QED) is 0.211. The first-order chi connectivity index (χ1) is 16.1. The van der Waals surface area contributed by atoms with Gasteiger partial charge in [0.05, 0.1) is 10.7 Å². The highest BCUT2D eigenvalue weighted by molar-refractivity contribution is 7.99. The maximum Gasteiger partial charge on any atom is 0.277 e. The fourth-order valence-corrected chi connectivity index (χ4v) is 3.44. The molecule has 0 aliphatic carbocycles. The number of nitro benzene ring substituents is 1. The van der Waals surface area contributed by atoms with Gasteiger partial charge in [0.15, 0.2) is 6.61 Å². The zero-order valence-corrected chi connectivity index (χ0v) is 18.0. The van der Waals surface area contributed by atoms with Crippen LogP contribution in [0.2, 0.25) is 0 Å². The molecular weight excluding hydrogens is 444 g/mol. The summed E-state index contributed by atoms with van der Waals surface area (Å²) in [6, 6.07) is 22.8. The smallest absolute Gasteiger partial charge is 0.277 e. The van der Waals surface area contributed by atoms with Gasteiger partial charge < -0.3 is 14.5 Å². The van der Waals surface area contributed by atoms with Gasteiger partial charge in [-0.25, -0.2) is 0 Å². The summed E-state index contributed by atoms with van der Waals surface area (Å²) in [7, 11) is 0. The molecule has 1 amide bonds. The number of hydrogen-bond acceptors (Lipinski definition) is 8. The highest BCUT2D eigenvalue weighted by Gasteiger charge is 2.11. The van der Waals surface area contributed by atoms with E-state index in [1.54, 1.807) is 24.3 Å². The average molecular weight is 462 g/mol.